The summed E-state index contributed by atoms with van der Waals surface area (Å²) in [5.41, 5.74) is 3.67. The van der Waals surface area contributed by atoms with Crippen molar-refractivity contribution in [1.29, 1.82) is 0 Å². The number of rotatable bonds is 6. The van der Waals surface area contributed by atoms with Crippen molar-refractivity contribution in [2.75, 3.05) is 0 Å². The first kappa shape index (κ1) is 18.8. The highest BCUT2D eigenvalue weighted by atomic mass is 79.9. The number of benzene rings is 3. The van der Waals surface area contributed by atoms with Gasteiger partial charge >= 0.3 is 0 Å². The van der Waals surface area contributed by atoms with Crippen LogP contribution in [0.25, 0.3) is 0 Å². The van der Waals surface area contributed by atoms with Gasteiger partial charge in [-0.2, -0.15) is 0 Å². The van der Waals surface area contributed by atoms with E-state index in [1.54, 1.807) is 0 Å². The number of hydrogen-bond donors (Lipinski definition) is 1. The van der Waals surface area contributed by atoms with Gasteiger partial charge in [0.05, 0.1) is 11.8 Å². The minimum absolute atomic E-state index is 0.0600. The number of halogens is 1. The van der Waals surface area contributed by atoms with Gasteiger partial charge in [0.15, 0.2) is 0 Å². The van der Waals surface area contributed by atoms with E-state index in [0.29, 0.717) is 0 Å². The summed E-state index contributed by atoms with van der Waals surface area (Å²) in [6.45, 7) is 1.99. The number of aryl methyl sites for hydroxylation is 1. The Kier molecular flexibility index (Phi) is 5.91. The Labute approximate surface area is 163 Å². The summed E-state index contributed by atoms with van der Waals surface area (Å²) in [4.78, 5) is 0. The number of nitrogens with one attached hydrogen (secondary N) is 1. The van der Waals surface area contributed by atoms with Gasteiger partial charge in [0, 0.05) is 4.47 Å². The summed E-state index contributed by atoms with van der Waals surface area (Å²) >= 11 is 3.37. The molecule has 3 aromatic carbocycles. The van der Waals surface area contributed by atoms with Crippen LogP contribution >= 0.6 is 15.9 Å². The Morgan fingerprint density at radius 3 is 2.15 bits per heavy atom. The average Bonchev–Trinajstić information content (AvgIpc) is 2.63. The van der Waals surface area contributed by atoms with E-state index in [9.17, 15) is 8.42 Å². The van der Waals surface area contributed by atoms with Crippen LogP contribution in [0.3, 0.4) is 0 Å². The van der Waals surface area contributed by atoms with Crippen molar-refractivity contribution >= 4 is 26.0 Å². The van der Waals surface area contributed by atoms with Crippen LogP contribution < -0.4 is 4.72 Å². The Balaban J connectivity index is 1.92. The van der Waals surface area contributed by atoms with Crippen molar-refractivity contribution in [1.82, 2.24) is 4.72 Å². The summed E-state index contributed by atoms with van der Waals surface area (Å²) in [6.07, 6.45) is 0. The van der Waals surface area contributed by atoms with E-state index in [2.05, 4.69) is 20.7 Å². The highest BCUT2D eigenvalue weighted by molar-refractivity contribution is 9.10. The van der Waals surface area contributed by atoms with Crippen LogP contribution in [0.2, 0.25) is 0 Å². The van der Waals surface area contributed by atoms with Crippen LogP contribution in [0.15, 0.2) is 83.3 Å². The molecule has 3 rings (SSSR count). The van der Waals surface area contributed by atoms with E-state index in [1.807, 2.05) is 85.8 Å². The number of sulfonamides is 1. The molecule has 0 aliphatic carbocycles. The molecule has 0 aliphatic rings. The topological polar surface area (TPSA) is 46.2 Å². The molecule has 3 nitrogen and oxygen atoms in total. The smallest absolute Gasteiger partial charge is 0.212 e. The van der Waals surface area contributed by atoms with E-state index in [4.69, 9.17) is 0 Å². The zero-order valence-electron chi connectivity index (χ0n) is 14.4. The Morgan fingerprint density at radius 2 is 1.50 bits per heavy atom. The van der Waals surface area contributed by atoms with Crippen molar-refractivity contribution in [3.05, 3.63) is 106 Å². The maximum atomic E-state index is 12.8. The zero-order valence-corrected chi connectivity index (χ0v) is 16.8. The highest BCUT2D eigenvalue weighted by Crippen LogP contribution is 2.26. The molecule has 0 saturated carbocycles. The second-order valence-electron chi connectivity index (χ2n) is 6.20. The lowest BCUT2D eigenvalue weighted by Gasteiger charge is -2.21. The lowest BCUT2D eigenvalue weighted by Crippen LogP contribution is -2.31. The molecular weight excluding hydrogens is 410 g/mol. The van der Waals surface area contributed by atoms with Gasteiger partial charge in [-0.25, -0.2) is 13.1 Å². The summed E-state index contributed by atoms with van der Waals surface area (Å²) in [5, 5.41) is 0. The predicted molar refractivity (Wildman–Crippen MR) is 109 cm³/mol. The first-order valence-electron chi connectivity index (χ1n) is 8.29. The quantitative estimate of drug-likeness (QED) is 0.601. The molecule has 0 unspecified atom stereocenters. The van der Waals surface area contributed by atoms with Gasteiger partial charge in [0.25, 0.3) is 0 Å². The molecule has 134 valence electrons. The molecule has 0 fully saturated rings. The maximum absolute atomic E-state index is 12.8. The fourth-order valence-corrected chi connectivity index (χ4v) is 4.49. The van der Waals surface area contributed by atoms with Crippen molar-refractivity contribution < 1.29 is 8.42 Å². The van der Waals surface area contributed by atoms with Crippen molar-refractivity contribution in [2.45, 2.75) is 18.7 Å². The molecule has 0 amide bonds. The standard InChI is InChI=1S/C21H20BrNO2S/c1-16-7-5-6-10-20(16)21(18-8-3-2-4-9-18)23-26(24,25)15-17-11-13-19(22)14-12-17/h2-14,21,23H,15H2,1H3/t21-/m0/s1. The van der Waals surface area contributed by atoms with Crippen molar-refractivity contribution in [3.63, 3.8) is 0 Å². The summed E-state index contributed by atoms with van der Waals surface area (Å²) in [7, 11) is -3.53. The molecule has 26 heavy (non-hydrogen) atoms. The van der Waals surface area contributed by atoms with Gasteiger partial charge < -0.3 is 0 Å². The Morgan fingerprint density at radius 1 is 0.885 bits per heavy atom. The third-order valence-corrected chi connectivity index (χ3v) is 6.04. The summed E-state index contributed by atoms with van der Waals surface area (Å²) in [6, 6.07) is 24.4. The fourth-order valence-electron chi connectivity index (χ4n) is 2.89. The first-order chi connectivity index (χ1) is 12.4. The first-order valence-corrected chi connectivity index (χ1v) is 10.7. The molecule has 3 aromatic rings. The van der Waals surface area contributed by atoms with Gasteiger partial charge in [0.2, 0.25) is 10.0 Å². The predicted octanol–water partition coefficient (Wildman–Crippen LogP) is 4.97. The lowest BCUT2D eigenvalue weighted by atomic mass is 9.96. The maximum Gasteiger partial charge on any atom is 0.216 e. The largest absolute Gasteiger partial charge is 0.216 e. The van der Waals surface area contributed by atoms with Gasteiger partial charge in [-0.1, -0.05) is 82.7 Å². The molecule has 0 saturated heterocycles. The van der Waals surface area contributed by atoms with Gasteiger partial charge in [-0.15, -0.1) is 0 Å². The van der Waals surface area contributed by atoms with Gasteiger partial charge in [-0.3, -0.25) is 0 Å². The summed E-state index contributed by atoms with van der Waals surface area (Å²) in [5.74, 6) is -0.0600. The van der Waals surface area contributed by atoms with E-state index >= 15 is 0 Å². The lowest BCUT2D eigenvalue weighted by molar-refractivity contribution is 0.571. The minimum Gasteiger partial charge on any atom is -0.212 e. The van der Waals surface area contributed by atoms with Crippen LogP contribution in [-0.2, 0) is 15.8 Å². The summed E-state index contributed by atoms with van der Waals surface area (Å²) < 4.78 is 29.5. The van der Waals surface area contributed by atoms with Crippen molar-refractivity contribution in [3.8, 4) is 0 Å². The monoisotopic (exact) mass is 429 g/mol. The van der Waals surface area contributed by atoms with Crippen LogP contribution in [0.1, 0.15) is 28.3 Å². The molecule has 0 bridgehead atoms. The molecule has 1 N–H and O–H groups in total. The van der Waals surface area contributed by atoms with Gasteiger partial charge in [0.1, 0.15) is 0 Å². The second kappa shape index (κ2) is 8.16. The zero-order chi connectivity index (χ0) is 18.6. The van der Waals surface area contributed by atoms with Crippen LogP contribution in [0.5, 0.6) is 0 Å². The SMILES string of the molecule is Cc1ccccc1[C@@H](NS(=O)(=O)Cc1ccc(Br)cc1)c1ccccc1. The van der Waals surface area contributed by atoms with E-state index in [-0.39, 0.29) is 5.75 Å². The molecule has 0 radical (unpaired) electrons. The van der Waals surface area contributed by atoms with E-state index in [1.165, 1.54) is 0 Å². The van der Waals surface area contributed by atoms with Gasteiger partial charge in [-0.05, 0) is 41.3 Å². The normalized spacial score (nSPS) is 12.7. The highest BCUT2D eigenvalue weighted by Gasteiger charge is 2.22. The molecule has 1 atom stereocenters. The van der Waals surface area contributed by atoms with E-state index in [0.717, 1.165) is 26.7 Å². The fraction of sp³-hybridized carbons (Fsp3) is 0.143. The minimum atomic E-state index is -3.53. The Bertz CT molecular complexity index is 970. The third kappa shape index (κ3) is 4.81. The van der Waals surface area contributed by atoms with Crippen LogP contribution in [0.4, 0.5) is 0 Å². The molecule has 0 spiro atoms. The van der Waals surface area contributed by atoms with Crippen LogP contribution in [-0.4, -0.2) is 8.42 Å². The molecule has 0 aromatic heterocycles. The average molecular weight is 430 g/mol. The third-order valence-electron chi connectivity index (χ3n) is 4.20. The Hall–Kier alpha value is -1.95. The van der Waals surface area contributed by atoms with Crippen molar-refractivity contribution in [2.24, 2.45) is 0 Å². The second-order valence-corrected chi connectivity index (χ2v) is 8.87. The number of hydrogen-bond acceptors (Lipinski definition) is 2. The van der Waals surface area contributed by atoms with E-state index < -0.39 is 16.1 Å². The molecule has 5 heteroatoms. The molecular formula is C21H20BrNO2S. The van der Waals surface area contributed by atoms with Crippen LogP contribution in [0, 0.1) is 6.92 Å². The molecule has 0 aliphatic heterocycles. The molecule has 0 heterocycles.